The molecule has 28 heavy (non-hydrogen) atoms. The zero-order chi connectivity index (χ0) is 19.6. The summed E-state index contributed by atoms with van der Waals surface area (Å²) in [5.74, 6) is -0.0193. The third-order valence-corrected chi connectivity index (χ3v) is 6.28. The Kier molecular flexibility index (Phi) is 7.06. The molecule has 1 heterocycles. The summed E-state index contributed by atoms with van der Waals surface area (Å²) in [5.41, 5.74) is 7.64. The van der Waals surface area contributed by atoms with Gasteiger partial charge in [-0.15, -0.1) is 12.4 Å². The second-order valence-corrected chi connectivity index (χ2v) is 8.32. The Balaban J connectivity index is 0.00000280. The van der Waals surface area contributed by atoms with Gasteiger partial charge in [0.25, 0.3) is 5.91 Å². The molecule has 3 rings (SSSR count). The fraction of sp³-hybridized carbons (Fsp3) is 0.316. The molecule has 1 aliphatic rings. The first-order valence-electron chi connectivity index (χ1n) is 8.58. The summed E-state index contributed by atoms with van der Waals surface area (Å²) in [6.45, 7) is 0.905. The quantitative estimate of drug-likeness (QED) is 0.757. The summed E-state index contributed by atoms with van der Waals surface area (Å²) in [6.07, 6.45) is 0. The Bertz CT molecular complexity index is 937. The minimum absolute atomic E-state index is 0. The zero-order valence-corrected chi connectivity index (χ0v) is 17.3. The first-order valence-corrected chi connectivity index (χ1v) is 10.1. The highest BCUT2D eigenvalue weighted by Gasteiger charge is 2.34. The van der Waals surface area contributed by atoms with Crippen LogP contribution in [0, 0.1) is 0 Å². The molecule has 9 heteroatoms. The van der Waals surface area contributed by atoms with E-state index < -0.39 is 10.0 Å². The SMILES string of the molecule is CNS(=O)(=O)c1cc(C(=O)N2C[C@@H](N)[C@H](c3ccccc3)C2)ccc1OC.Cl. The average molecular weight is 426 g/mol. The molecule has 1 amide bonds. The molecule has 2 aromatic rings. The van der Waals surface area contributed by atoms with E-state index >= 15 is 0 Å². The van der Waals surface area contributed by atoms with E-state index in [1.54, 1.807) is 11.0 Å². The van der Waals surface area contributed by atoms with Crippen LogP contribution in [0.3, 0.4) is 0 Å². The number of carbonyl (C=O) groups is 1. The maximum absolute atomic E-state index is 13.0. The number of carbonyl (C=O) groups excluding carboxylic acids is 1. The zero-order valence-electron chi connectivity index (χ0n) is 15.7. The summed E-state index contributed by atoms with van der Waals surface area (Å²) < 4.78 is 31.8. The summed E-state index contributed by atoms with van der Waals surface area (Å²) in [5, 5.41) is 0. The van der Waals surface area contributed by atoms with Crippen molar-refractivity contribution in [3.05, 3.63) is 59.7 Å². The maximum Gasteiger partial charge on any atom is 0.253 e. The Morgan fingerprint density at radius 2 is 1.86 bits per heavy atom. The van der Waals surface area contributed by atoms with E-state index in [1.165, 1.54) is 26.3 Å². The van der Waals surface area contributed by atoms with Crippen LogP contribution in [-0.2, 0) is 10.0 Å². The van der Waals surface area contributed by atoms with Gasteiger partial charge in [0.1, 0.15) is 10.6 Å². The molecule has 0 radical (unpaired) electrons. The Labute approximate surface area is 171 Å². The number of amides is 1. The maximum atomic E-state index is 13.0. The largest absolute Gasteiger partial charge is 0.495 e. The highest BCUT2D eigenvalue weighted by atomic mass is 35.5. The van der Waals surface area contributed by atoms with Gasteiger partial charge in [0.2, 0.25) is 10.0 Å². The van der Waals surface area contributed by atoms with Crippen molar-refractivity contribution < 1.29 is 17.9 Å². The second kappa shape index (κ2) is 8.91. The van der Waals surface area contributed by atoms with Gasteiger partial charge < -0.3 is 15.4 Å². The Morgan fingerprint density at radius 1 is 1.18 bits per heavy atom. The van der Waals surface area contributed by atoms with E-state index in [9.17, 15) is 13.2 Å². The van der Waals surface area contributed by atoms with Crippen molar-refractivity contribution >= 4 is 28.3 Å². The van der Waals surface area contributed by atoms with Gasteiger partial charge in [0.15, 0.2) is 0 Å². The van der Waals surface area contributed by atoms with Crippen LogP contribution in [0.15, 0.2) is 53.4 Å². The number of rotatable bonds is 5. The highest BCUT2D eigenvalue weighted by Crippen LogP contribution is 2.29. The number of nitrogens with two attached hydrogens (primary N) is 1. The third-order valence-electron chi connectivity index (χ3n) is 4.85. The molecular formula is C19H24ClN3O4S. The van der Waals surface area contributed by atoms with Gasteiger partial charge in [-0.1, -0.05) is 30.3 Å². The molecule has 1 saturated heterocycles. The molecule has 0 aromatic heterocycles. The number of benzene rings is 2. The first-order chi connectivity index (χ1) is 12.9. The molecule has 0 saturated carbocycles. The molecule has 0 spiro atoms. The van der Waals surface area contributed by atoms with Crippen molar-refractivity contribution in [1.82, 2.24) is 9.62 Å². The van der Waals surface area contributed by atoms with Crippen molar-refractivity contribution in [2.45, 2.75) is 16.9 Å². The number of nitrogens with one attached hydrogen (secondary N) is 1. The number of halogens is 1. The van der Waals surface area contributed by atoms with Crippen LogP contribution in [0.25, 0.3) is 0 Å². The fourth-order valence-corrected chi connectivity index (χ4v) is 4.28. The van der Waals surface area contributed by atoms with Crippen molar-refractivity contribution in [3.8, 4) is 5.75 Å². The molecule has 0 bridgehead atoms. The van der Waals surface area contributed by atoms with Crippen LogP contribution in [0.4, 0.5) is 0 Å². The minimum atomic E-state index is -3.76. The topological polar surface area (TPSA) is 102 Å². The van der Waals surface area contributed by atoms with Crippen LogP contribution in [-0.4, -0.2) is 52.5 Å². The summed E-state index contributed by atoms with van der Waals surface area (Å²) >= 11 is 0. The molecule has 1 aliphatic heterocycles. The first kappa shape index (κ1) is 22.2. The lowest BCUT2D eigenvalue weighted by atomic mass is 9.95. The predicted molar refractivity (Wildman–Crippen MR) is 110 cm³/mol. The standard InChI is InChI=1S/C19H23N3O4S.ClH/c1-21-27(24,25)18-10-14(8-9-17(18)26-2)19(23)22-11-15(16(20)12-22)13-6-4-3-5-7-13;/h3-10,15-16,21H,11-12,20H2,1-2H3;1H/t15-,16+;/m0./s1. The number of nitrogens with zero attached hydrogens (tertiary/aromatic N) is 1. The van der Waals surface area contributed by atoms with Gasteiger partial charge in [-0.2, -0.15) is 0 Å². The molecule has 1 fully saturated rings. The van der Waals surface area contributed by atoms with Crippen LogP contribution < -0.4 is 15.2 Å². The smallest absolute Gasteiger partial charge is 0.253 e. The van der Waals surface area contributed by atoms with Gasteiger partial charge in [0.05, 0.1) is 7.11 Å². The molecule has 7 nitrogen and oxygen atoms in total. The molecular weight excluding hydrogens is 402 g/mol. The Morgan fingerprint density at radius 3 is 2.46 bits per heavy atom. The minimum Gasteiger partial charge on any atom is -0.495 e. The molecule has 152 valence electrons. The Hall–Kier alpha value is -2.13. The van der Waals surface area contributed by atoms with E-state index in [4.69, 9.17) is 10.5 Å². The molecule has 3 N–H and O–H groups in total. The van der Waals surface area contributed by atoms with E-state index in [1.807, 2.05) is 30.3 Å². The van der Waals surface area contributed by atoms with E-state index in [0.29, 0.717) is 13.1 Å². The van der Waals surface area contributed by atoms with Crippen LogP contribution in [0.2, 0.25) is 0 Å². The predicted octanol–water partition coefficient (Wildman–Crippen LogP) is 1.59. The number of methoxy groups -OCH3 is 1. The molecule has 0 aliphatic carbocycles. The van der Waals surface area contributed by atoms with Gasteiger partial charge in [-0.25, -0.2) is 13.1 Å². The van der Waals surface area contributed by atoms with Gasteiger partial charge in [-0.05, 0) is 30.8 Å². The summed E-state index contributed by atoms with van der Waals surface area (Å²) in [7, 11) is -1.06. The highest BCUT2D eigenvalue weighted by molar-refractivity contribution is 7.89. The van der Waals surface area contributed by atoms with Crippen molar-refractivity contribution in [3.63, 3.8) is 0 Å². The number of sulfonamides is 1. The second-order valence-electron chi connectivity index (χ2n) is 6.46. The lowest BCUT2D eigenvalue weighted by molar-refractivity contribution is 0.0789. The fourth-order valence-electron chi connectivity index (χ4n) is 3.36. The van der Waals surface area contributed by atoms with Crippen LogP contribution in [0.1, 0.15) is 21.8 Å². The van der Waals surface area contributed by atoms with Gasteiger partial charge >= 0.3 is 0 Å². The van der Waals surface area contributed by atoms with E-state index in [-0.39, 0.29) is 46.5 Å². The van der Waals surface area contributed by atoms with E-state index in [0.717, 1.165) is 5.56 Å². The number of hydrogen-bond donors (Lipinski definition) is 2. The van der Waals surface area contributed by atoms with Crippen molar-refractivity contribution in [2.24, 2.45) is 5.73 Å². The third kappa shape index (κ3) is 4.30. The number of likely N-dealkylation sites (tertiary alicyclic amines) is 1. The van der Waals surface area contributed by atoms with Gasteiger partial charge in [0, 0.05) is 30.6 Å². The summed E-state index contributed by atoms with van der Waals surface area (Å²) in [6, 6.07) is 14.1. The molecule has 2 atom stereocenters. The lowest BCUT2D eigenvalue weighted by Gasteiger charge is -2.18. The summed E-state index contributed by atoms with van der Waals surface area (Å²) in [4.78, 5) is 14.5. The van der Waals surface area contributed by atoms with Crippen LogP contribution in [0.5, 0.6) is 5.75 Å². The van der Waals surface area contributed by atoms with Crippen LogP contribution >= 0.6 is 12.4 Å². The molecule has 0 unspecified atom stereocenters. The molecule has 2 aromatic carbocycles. The monoisotopic (exact) mass is 425 g/mol. The van der Waals surface area contributed by atoms with E-state index in [2.05, 4.69) is 4.72 Å². The number of ether oxygens (including phenoxy) is 1. The van der Waals surface area contributed by atoms with Gasteiger partial charge in [-0.3, -0.25) is 4.79 Å². The lowest BCUT2D eigenvalue weighted by Crippen LogP contribution is -2.32. The van der Waals surface area contributed by atoms with Crippen molar-refractivity contribution in [1.29, 1.82) is 0 Å². The van der Waals surface area contributed by atoms with Crippen molar-refractivity contribution in [2.75, 3.05) is 27.2 Å². The average Bonchev–Trinajstić information content (AvgIpc) is 3.09. The number of hydrogen-bond acceptors (Lipinski definition) is 5. The normalized spacial score (nSPS) is 19.2.